The number of rotatable bonds is 3. The molecule has 0 aliphatic carbocycles. The van der Waals surface area contributed by atoms with Crippen molar-refractivity contribution in [2.45, 2.75) is 40.2 Å². The third-order valence-corrected chi connectivity index (χ3v) is 4.19. The van der Waals surface area contributed by atoms with E-state index in [1.807, 2.05) is 13.8 Å². The Kier molecular flexibility index (Phi) is 5.58. The minimum Gasteiger partial charge on any atom is -0.395 e. The third kappa shape index (κ3) is 4.23. The van der Waals surface area contributed by atoms with E-state index in [0.29, 0.717) is 11.1 Å². The topological polar surface area (TPSA) is 85.6 Å². The standard InChI is InChI=1S/C18H15F2N3O4.C2H6/c1-9-5-13-14(26-18(19,20)25-13)6-12(9)11-3-4-15(21-8-11)23-17(24)16-10(2)7-22-27-16;1-2/h3-8,15,21H,1-2H3,(H,23,24);1-2H3. The van der Waals surface area contributed by atoms with E-state index < -0.39 is 18.4 Å². The largest absolute Gasteiger partial charge is 0.586 e. The van der Waals surface area contributed by atoms with Crippen molar-refractivity contribution in [3.8, 4) is 11.5 Å². The maximum absolute atomic E-state index is 13.2. The predicted octanol–water partition coefficient (Wildman–Crippen LogP) is 3.90. The average molecular weight is 405 g/mol. The number of hydrogen-bond acceptors (Lipinski definition) is 6. The van der Waals surface area contributed by atoms with Crippen molar-refractivity contribution in [2.75, 3.05) is 0 Å². The van der Waals surface area contributed by atoms with E-state index >= 15 is 0 Å². The van der Waals surface area contributed by atoms with Crippen molar-refractivity contribution in [3.63, 3.8) is 0 Å². The van der Waals surface area contributed by atoms with E-state index in [2.05, 4.69) is 25.3 Å². The first-order valence-electron chi connectivity index (χ1n) is 9.10. The van der Waals surface area contributed by atoms with Crippen LogP contribution < -0.4 is 20.1 Å². The van der Waals surface area contributed by atoms with E-state index in [4.69, 9.17) is 4.52 Å². The van der Waals surface area contributed by atoms with E-state index in [-0.39, 0.29) is 17.3 Å². The van der Waals surface area contributed by atoms with Crippen molar-refractivity contribution in [1.82, 2.24) is 15.8 Å². The van der Waals surface area contributed by atoms with Crippen LogP contribution in [0.5, 0.6) is 11.5 Å². The molecule has 0 spiro atoms. The van der Waals surface area contributed by atoms with Gasteiger partial charge in [0.05, 0.1) is 6.20 Å². The summed E-state index contributed by atoms with van der Waals surface area (Å²) in [5.74, 6) is -0.272. The lowest BCUT2D eigenvalue weighted by molar-refractivity contribution is -0.286. The van der Waals surface area contributed by atoms with Crippen LogP contribution in [-0.2, 0) is 0 Å². The minimum atomic E-state index is -3.66. The fourth-order valence-corrected chi connectivity index (χ4v) is 2.87. The molecular weight excluding hydrogens is 384 g/mol. The second-order valence-corrected chi connectivity index (χ2v) is 6.20. The van der Waals surface area contributed by atoms with Gasteiger partial charge < -0.3 is 24.6 Å². The maximum Gasteiger partial charge on any atom is 0.586 e. The van der Waals surface area contributed by atoms with Gasteiger partial charge in [-0.3, -0.25) is 4.79 Å². The first kappa shape index (κ1) is 20.4. The molecule has 0 fully saturated rings. The SMILES string of the molecule is CC.Cc1cc2c(cc1C1=CNC(NC(=O)c3oncc3C)C=C1)OC(F)(F)O2. The van der Waals surface area contributed by atoms with Crippen molar-refractivity contribution in [3.05, 3.63) is 59.1 Å². The van der Waals surface area contributed by atoms with Gasteiger partial charge in [-0.2, -0.15) is 0 Å². The van der Waals surface area contributed by atoms with Crippen LogP contribution in [0, 0.1) is 13.8 Å². The molecule has 154 valence electrons. The van der Waals surface area contributed by atoms with Gasteiger partial charge in [0.25, 0.3) is 5.91 Å². The number of allylic oxidation sites excluding steroid dienone is 2. The number of ether oxygens (including phenoxy) is 2. The molecule has 9 heteroatoms. The number of nitrogens with zero attached hydrogens (tertiary/aromatic N) is 1. The van der Waals surface area contributed by atoms with E-state index in [0.717, 1.165) is 11.1 Å². The number of aromatic nitrogens is 1. The van der Waals surface area contributed by atoms with Crippen LogP contribution in [-0.4, -0.2) is 23.5 Å². The van der Waals surface area contributed by atoms with Crippen molar-refractivity contribution >= 4 is 11.5 Å². The molecule has 1 atom stereocenters. The minimum absolute atomic E-state index is 0.00200. The number of halogens is 2. The molecule has 2 aliphatic heterocycles. The number of hydrogen-bond donors (Lipinski definition) is 2. The molecule has 1 aromatic carbocycles. The van der Waals surface area contributed by atoms with Crippen LogP contribution >= 0.6 is 0 Å². The number of carbonyl (C=O) groups is 1. The summed E-state index contributed by atoms with van der Waals surface area (Å²) in [6, 6.07) is 3.00. The average Bonchev–Trinajstić information content (AvgIpc) is 3.24. The predicted molar refractivity (Wildman–Crippen MR) is 101 cm³/mol. The maximum atomic E-state index is 13.2. The van der Waals surface area contributed by atoms with E-state index in [1.165, 1.54) is 18.3 Å². The molecule has 7 nitrogen and oxygen atoms in total. The zero-order chi connectivity index (χ0) is 21.2. The highest BCUT2D eigenvalue weighted by atomic mass is 19.3. The van der Waals surface area contributed by atoms with Gasteiger partial charge in [-0.05, 0) is 48.8 Å². The number of fused-ring (bicyclic) bond motifs is 1. The lowest BCUT2D eigenvalue weighted by atomic mass is 9.98. The summed E-state index contributed by atoms with van der Waals surface area (Å²) in [7, 11) is 0. The molecule has 3 heterocycles. The molecule has 0 radical (unpaired) electrons. The Bertz CT molecular complexity index is 982. The number of amides is 1. The Morgan fingerprint density at radius 3 is 2.45 bits per heavy atom. The number of carbonyl (C=O) groups excluding carboxylic acids is 1. The van der Waals surface area contributed by atoms with Crippen LogP contribution in [0.4, 0.5) is 8.78 Å². The van der Waals surface area contributed by atoms with Crippen LogP contribution in [0.25, 0.3) is 5.57 Å². The van der Waals surface area contributed by atoms with Crippen LogP contribution in [0.3, 0.4) is 0 Å². The molecular formula is C20H21F2N3O4. The van der Waals surface area contributed by atoms with Gasteiger partial charge in [0.2, 0.25) is 5.76 Å². The fourth-order valence-electron chi connectivity index (χ4n) is 2.87. The number of dihydropyridines is 1. The molecule has 1 amide bonds. The Balaban J connectivity index is 0.00000117. The summed E-state index contributed by atoms with van der Waals surface area (Å²) in [6.45, 7) is 7.50. The van der Waals surface area contributed by atoms with Crippen LogP contribution in [0.15, 0.2) is 41.2 Å². The Morgan fingerprint density at radius 1 is 1.17 bits per heavy atom. The molecule has 0 saturated heterocycles. The highest BCUT2D eigenvalue weighted by Gasteiger charge is 2.43. The second kappa shape index (κ2) is 7.94. The normalized spacial score (nSPS) is 18.3. The van der Waals surface area contributed by atoms with Gasteiger partial charge in [0.15, 0.2) is 11.5 Å². The first-order chi connectivity index (χ1) is 13.8. The second-order valence-electron chi connectivity index (χ2n) is 6.20. The van der Waals surface area contributed by atoms with E-state index in [1.54, 1.807) is 32.2 Å². The third-order valence-electron chi connectivity index (χ3n) is 4.19. The zero-order valence-corrected chi connectivity index (χ0v) is 16.4. The molecule has 2 aromatic rings. The smallest absolute Gasteiger partial charge is 0.395 e. The Hall–Kier alpha value is -3.36. The molecule has 0 bridgehead atoms. The summed E-state index contributed by atoms with van der Waals surface area (Å²) < 4.78 is 40.3. The number of nitrogens with one attached hydrogen (secondary N) is 2. The summed E-state index contributed by atoms with van der Waals surface area (Å²) in [4.78, 5) is 12.1. The molecule has 4 rings (SSSR count). The van der Waals surface area contributed by atoms with Crippen LogP contribution in [0.2, 0.25) is 0 Å². The molecule has 2 aliphatic rings. The Morgan fingerprint density at radius 2 is 1.86 bits per heavy atom. The zero-order valence-electron chi connectivity index (χ0n) is 16.4. The molecule has 2 N–H and O–H groups in total. The lowest BCUT2D eigenvalue weighted by Gasteiger charge is -2.20. The molecule has 1 unspecified atom stereocenters. The summed E-state index contributed by atoms with van der Waals surface area (Å²) >= 11 is 0. The highest BCUT2D eigenvalue weighted by Crippen LogP contribution is 2.43. The Labute approximate surface area is 166 Å². The van der Waals surface area contributed by atoms with Gasteiger partial charge >= 0.3 is 6.29 Å². The molecule has 29 heavy (non-hydrogen) atoms. The van der Waals surface area contributed by atoms with Gasteiger partial charge in [-0.1, -0.05) is 25.1 Å². The van der Waals surface area contributed by atoms with Gasteiger partial charge in [0.1, 0.15) is 6.17 Å². The quantitative estimate of drug-likeness (QED) is 0.806. The van der Waals surface area contributed by atoms with Crippen LogP contribution in [0.1, 0.15) is 41.1 Å². The molecule has 0 saturated carbocycles. The van der Waals surface area contributed by atoms with E-state index in [9.17, 15) is 13.6 Å². The number of benzene rings is 1. The number of alkyl halides is 2. The molecule has 1 aromatic heterocycles. The monoisotopic (exact) mass is 405 g/mol. The van der Waals surface area contributed by atoms with Gasteiger partial charge in [-0.15, -0.1) is 8.78 Å². The number of aryl methyl sites for hydroxylation is 2. The highest BCUT2D eigenvalue weighted by molar-refractivity contribution is 5.93. The summed E-state index contributed by atoms with van der Waals surface area (Å²) in [6.07, 6.45) is 2.54. The van der Waals surface area contributed by atoms with Crippen molar-refractivity contribution in [2.24, 2.45) is 0 Å². The van der Waals surface area contributed by atoms with Crippen molar-refractivity contribution in [1.29, 1.82) is 0 Å². The fraction of sp³-hybridized carbons (Fsp3) is 0.300. The summed E-state index contributed by atoms with van der Waals surface area (Å²) in [5, 5.41) is 9.34. The van der Waals surface area contributed by atoms with Gasteiger partial charge in [-0.25, -0.2) is 0 Å². The first-order valence-corrected chi connectivity index (χ1v) is 9.10. The summed E-state index contributed by atoms with van der Waals surface area (Å²) in [5.41, 5.74) is 2.83. The van der Waals surface area contributed by atoms with Crippen molar-refractivity contribution < 1.29 is 27.6 Å². The van der Waals surface area contributed by atoms with Gasteiger partial charge in [0, 0.05) is 11.8 Å². The lowest BCUT2D eigenvalue weighted by Crippen LogP contribution is -2.42.